The van der Waals surface area contributed by atoms with Gasteiger partial charge in [0, 0.05) is 13.1 Å². The van der Waals surface area contributed by atoms with Crippen LogP contribution in [0.4, 0.5) is 18.3 Å². The largest absolute Gasteiger partial charge is 0.471 e. The first-order valence-corrected chi connectivity index (χ1v) is 12.2. The van der Waals surface area contributed by atoms with Crippen LogP contribution in [0, 0.1) is 0 Å². The summed E-state index contributed by atoms with van der Waals surface area (Å²) < 4.78 is 42.7. The summed E-state index contributed by atoms with van der Waals surface area (Å²) in [6.45, 7) is 1.18. The minimum absolute atomic E-state index is 0.0341. The first-order chi connectivity index (χ1) is 17.4. The maximum atomic E-state index is 13.8. The fourth-order valence-electron chi connectivity index (χ4n) is 5.05. The smallest absolute Gasteiger partial charge is 0.341 e. The molecule has 0 N–H and O–H groups in total. The van der Waals surface area contributed by atoms with Gasteiger partial charge in [-0.1, -0.05) is 77.2 Å². The summed E-state index contributed by atoms with van der Waals surface area (Å²) in [5.41, 5.74) is 1.91. The molecule has 1 amide bonds. The quantitative estimate of drug-likeness (QED) is 0.382. The van der Waals surface area contributed by atoms with Crippen molar-refractivity contribution in [2.45, 2.75) is 30.6 Å². The van der Waals surface area contributed by atoms with Gasteiger partial charge in [-0.15, -0.1) is 0 Å². The van der Waals surface area contributed by atoms with Crippen molar-refractivity contribution in [3.8, 4) is 10.7 Å². The summed E-state index contributed by atoms with van der Waals surface area (Å²) in [5.74, 6) is -1.83. The molecule has 0 spiro atoms. The number of nitrogens with zero attached hydrogens (tertiary/aromatic N) is 5. The molecule has 0 aliphatic carbocycles. The van der Waals surface area contributed by atoms with Crippen LogP contribution in [0.1, 0.15) is 29.4 Å². The van der Waals surface area contributed by atoms with Crippen molar-refractivity contribution in [1.29, 1.82) is 0 Å². The number of thiazole rings is 1. The van der Waals surface area contributed by atoms with E-state index in [1.807, 2.05) is 65.6 Å². The number of anilines is 1. The van der Waals surface area contributed by atoms with Crippen molar-refractivity contribution in [3.63, 3.8) is 0 Å². The first kappa shape index (κ1) is 22.7. The highest BCUT2D eigenvalue weighted by Gasteiger charge is 2.48. The van der Waals surface area contributed by atoms with Crippen LogP contribution in [0.2, 0.25) is 0 Å². The van der Waals surface area contributed by atoms with Crippen molar-refractivity contribution in [2.24, 2.45) is 0 Å². The molecule has 4 aromatic rings. The minimum atomic E-state index is -4.69. The van der Waals surface area contributed by atoms with Gasteiger partial charge < -0.3 is 14.3 Å². The van der Waals surface area contributed by atoms with Crippen LogP contribution in [0.3, 0.4) is 0 Å². The Labute approximate surface area is 208 Å². The SMILES string of the molecule is O=C(C(c1ccccc1)c1ccccc1)N1CC2CC1CN2c1ncc(-c2noc(C(F)(F)F)n2)s1. The molecule has 36 heavy (non-hydrogen) atoms. The van der Waals surface area contributed by atoms with E-state index in [4.69, 9.17) is 0 Å². The Morgan fingerprint density at radius 1 is 1.00 bits per heavy atom. The number of likely N-dealkylation sites (tertiary alicyclic amines) is 1. The van der Waals surface area contributed by atoms with Crippen LogP contribution in [0.15, 0.2) is 71.4 Å². The average molecular weight is 512 g/mol. The molecule has 4 heterocycles. The Morgan fingerprint density at radius 2 is 1.67 bits per heavy atom. The number of aromatic nitrogens is 3. The topological polar surface area (TPSA) is 75.4 Å². The molecule has 2 aromatic carbocycles. The maximum absolute atomic E-state index is 13.8. The summed E-state index contributed by atoms with van der Waals surface area (Å²) in [7, 11) is 0. The molecule has 2 saturated heterocycles. The second kappa shape index (κ2) is 8.74. The van der Waals surface area contributed by atoms with Crippen molar-refractivity contribution in [2.75, 3.05) is 18.0 Å². The number of halogens is 3. The van der Waals surface area contributed by atoms with Gasteiger partial charge in [-0.2, -0.15) is 18.2 Å². The summed E-state index contributed by atoms with van der Waals surface area (Å²) in [4.78, 5) is 26.2. The van der Waals surface area contributed by atoms with Gasteiger partial charge in [0.1, 0.15) is 0 Å². The summed E-state index contributed by atoms with van der Waals surface area (Å²) >= 11 is 1.22. The molecule has 7 nitrogen and oxygen atoms in total. The van der Waals surface area contributed by atoms with Crippen LogP contribution < -0.4 is 4.90 Å². The Bertz CT molecular complexity index is 1340. The summed E-state index contributed by atoms with van der Waals surface area (Å²) in [5, 5.41) is 4.12. The summed E-state index contributed by atoms with van der Waals surface area (Å²) in [6.07, 6.45) is -2.42. The number of carbonyl (C=O) groups excluding carboxylic acids is 1. The third-order valence-electron chi connectivity index (χ3n) is 6.66. The molecule has 6 rings (SSSR count). The number of rotatable bonds is 5. The van der Waals surface area contributed by atoms with Gasteiger partial charge in [-0.3, -0.25) is 4.79 Å². The van der Waals surface area contributed by atoms with Crippen LogP contribution in [0.25, 0.3) is 10.7 Å². The van der Waals surface area contributed by atoms with Crippen molar-refractivity contribution >= 4 is 22.4 Å². The fourth-order valence-corrected chi connectivity index (χ4v) is 5.97. The van der Waals surface area contributed by atoms with Gasteiger partial charge in [-0.05, 0) is 17.5 Å². The molecule has 2 unspecified atom stereocenters. The number of hydrogen-bond acceptors (Lipinski definition) is 7. The molecular formula is C25H20F3N5O2S. The van der Waals surface area contributed by atoms with E-state index in [0.29, 0.717) is 23.1 Å². The zero-order valence-corrected chi connectivity index (χ0v) is 19.6. The third-order valence-corrected chi connectivity index (χ3v) is 7.69. The van der Waals surface area contributed by atoms with E-state index in [1.165, 1.54) is 17.5 Å². The lowest BCUT2D eigenvalue weighted by atomic mass is 9.89. The molecular weight excluding hydrogens is 491 g/mol. The van der Waals surface area contributed by atoms with E-state index in [0.717, 1.165) is 17.5 Å². The van der Waals surface area contributed by atoms with Crippen LogP contribution in [-0.2, 0) is 11.0 Å². The van der Waals surface area contributed by atoms with E-state index < -0.39 is 12.1 Å². The normalized spacial score (nSPS) is 19.4. The standard InChI is InChI=1S/C25H20F3N5O2S/c26-25(27,28)23-30-21(31-35-23)19-12-29-24(36-19)33-14-17-11-18(33)13-32(17)22(34)20(15-7-3-1-4-8-15)16-9-5-2-6-10-16/h1-10,12,17-18,20H,11,13-14H2. The predicted molar refractivity (Wildman–Crippen MR) is 126 cm³/mol. The molecule has 184 valence electrons. The molecule has 2 aromatic heterocycles. The number of piperazine rings is 1. The second-order valence-electron chi connectivity index (χ2n) is 8.87. The van der Waals surface area contributed by atoms with Crippen LogP contribution in [-0.4, -0.2) is 51.1 Å². The number of fused-ring (bicyclic) bond motifs is 2. The Balaban J connectivity index is 1.20. The highest BCUT2D eigenvalue weighted by molar-refractivity contribution is 7.18. The lowest BCUT2D eigenvalue weighted by Gasteiger charge is -2.36. The molecule has 11 heteroatoms. The Hall–Kier alpha value is -3.73. The molecule has 2 fully saturated rings. The molecule has 0 radical (unpaired) electrons. The van der Waals surface area contributed by atoms with Gasteiger partial charge in [0.05, 0.1) is 29.1 Å². The first-order valence-electron chi connectivity index (χ1n) is 11.4. The Morgan fingerprint density at radius 3 is 2.22 bits per heavy atom. The maximum Gasteiger partial charge on any atom is 0.471 e. The molecule has 2 atom stereocenters. The number of carbonyl (C=O) groups is 1. The lowest BCUT2D eigenvalue weighted by molar-refractivity contribution is -0.159. The zero-order valence-electron chi connectivity index (χ0n) is 18.8. The Kier molecular flexibility index (Phi) is 5.51. The monoisotopic (exact) mass is 511 g/mol. The second-order valence-corrected chi connectivity index (χ2v) is 9.88. The average Bonchev–Trinajstić information content (AvgIpc) is 3.68. The zero-order chi connectivity index (χ0) is 24.9. The highest BCUT2D eigenvalue weighted by atomic mass is 32.1. The van der Waals surface area contributed by atoms with Crippen LogP contribution in [0.5, 0.6) is 0 Å². The number of benzene rings is 2. The molecule has 0 saturated carbocycles. The minimum Gasteiger partial charge on any atom is -0.341 e. The van der Waals surface area contributed by atoms with Gasteiger partial charge >= 0.3 is 12.1 Å². The lowest BCUT2D eigenvalue weighted by Crippen LogP contribution is -2.50. The number of alkyl halides is 3. The molecule has 2 aliphatic heterocycles. The van der Waals surface area contributed by atoms with Crippen molar-refractivity contribution in [3.05, 3.63) is 83.9 Å². The van der Waals surface area contributed by atoms with E-state index >= 15 is 0 Å². The third kappa shape index (κ3) is 4.02. The molecule has 2 bridgehead atoms. The summed E-state index contributed by atoms with van der Waals surface area (Å²) in [6, 6.07) is 19.7. The van der Waals surface area contributed by atoms with Crippen LogP contribution >= 0.6 is 11.3 Å². The van der Waals surface area contributed by atoms with E-state index in [1.54, 1.807) is 0 Å². The fraction of sp³-hybridized carbons (Fsp3) is 0.280. The van der Waals surface area contributed by atoms with Gasteiger partial charge in [0.2, 0.25) is 11.7 Å². The molecule has 2 aliphatic rings. The number of hydrogen-bond donors (Lipinski definition) is 0. The predicted octanol–water partition coefficient (Wildman–Crippen LogP) is 4.83. The number of amides is 1. The van der Waals surface area contributed by atoms with Crippen molar-refractivity contribution in [1.82, 2.24) is 20.0 Å². The van der Waals surface area contributed by atoms with E-state index in [2.05, 4.69) is 24.5 Å². The van der Waals surface area contributed by atoms with Gasteiger partial charge in [-0.25, -0.2) is 4.98 Å². The van der Waals surface area contributed by atoms with Gasteiger partial charge in [0.15, 0.2) is 5.13 Å². The van der Waals surface area contributed by atoms with Crippen molar-refractivity contribution < 1.29 is 22.5 Å². The van der Waals surface area contributed by atoms with Gasteiger partial charge in [0.25, 0.3) is 0 Å². The highest BCUT2D eigenvalue weighted by Crippen LogP contribution is 2.40. The van der Waals surface area contributed by atoms with E-state index in [-0.39, 0.29) is 29.7 Å². The van der Waals surface area contributed by atoms with E-state index in [9.17, 15) is 18.0 Å².